The number of hydrogen-bond acceptors (Lipinski definition) is 3. The second-order valence-corrected chi connectivity index (χ2v) is 4.71. The fraction of sp³-hybridized carbons (Fsp3) is 0.462. The van der Waals surface area contributed by atoms with E-state index in [2.05, 4.69) is 23.4 Å². The molecule has 98 valence electrons. The summed E-state index contributed by atoms with van der Waals surface area (Å²) in [5, 5.41) is 8.24. The van der Waals surface area contributed by atoms with Crippen molar-refractivity contribution in [2.45, 2.75) is 26.3 Å². The zero-order valence-electron chi connectivity index (χ0n) is 10.9. The average molecular weight is 268 g/mol. The van der Waals surface area contributed by atoms with Crippen LogP contribution in [-0.4, -0.2) is 16.3 Å². The van der Waals surface area contributed by atoms with Gasteiger partial charge in [0, 0.05) is 30.8 Å². The van der Waals surface area contributed by atoms with Crippen LogP contribution in [0.5, 0.6) is 0 Å². The van der Waals surface area contributed by atoms with E-state index in [0.717, 1.165) is 24.2 Å². The SMILES string of the molecule is CCNC(Cc1cc(C)nn1C)c1ccoc1Cl. The van der Waals surface area contributed by atoms with E-state index in [-0.39, 0.29) is 6.04 Å². The van der Waals surface area contributed by atoms with Gasteiger partial charge in [0.05, 0.1) is 12.0 Å². The van der Waals surface area contributed by atoms with Gasteiger partial charge < -0.3 is 9.73 Å². The van der Waals surface area contributed by atoms with Crippen LogP contribution in [0, 0.1) is 6.92 Å². The Hall–Kier alpha value is -1.26. The molecule has 0 aromatic carbocycles. The Bertz CT molecular complexity index is 518. The summed E-state index contributed by atoms with van der Waals surface area (Å²) in [5.41, 5.74) is 3.20. The highest BCUT2D eigenvalue weighted by atomic mass is 35.5. The third-order valence-corrected chi connectivity index (χ3v) is 3.29. The van der Waals surface area contributed by atoms with Gasteiger partial charge in [-0.1, -0.05) is 6.92 Å². The predicted octanol–water partition coefficient (Wildman–Crippen LogP) is 2.87. The van der Waals surface area contributed by atoms with Crippen LogP contribution >= 0.6 is 11.6 Å². The molecule has 1 atom stereocenters. The van der Waals surface area contributed by atoms with Crippen molar-refractivity contribution in [3.8, 4) is 0 Å². The van der Waals surface area contributed by atoms with E-state index in [1.54, 1.807) is 6.26 Å². The zero-order chi connectivity index (χ0) is 13.1. The van der Waals surface area contributed by atoms with Gasteiger partial charge in [-0.15, -0.1) is 0 Å². The van der Waals surface area contributed by atoms with Gasteiger partial charge in [-0.3, -0.25) is 4.68 Å². The van der Waals surface area contributed by atoms with Crippen molar-refractivity contribution in [3.63, 3.8) is 0 Å². The van der Waals surface area contributed by atoms with Crippen molar-refractivity contribution < 1.29 is 4.42 Å². The van der Waals surface area contributed by atoms with E-state index in [1.165, 1.54) is 5.69 Å². The van der Waals surface area contributed by atoms with E-state index in [9.17, 15) is 0 Å². The number of halogens is 1. The van der Waals surface area contributed by atoms with Crippen molar-refractivity contribution in [1.82, 2.24) is 15.1 Å². The molecule has 2 heterocycles. The maximum atomic E-state index is 6.05. The maximum absolute atomic E-state index is 6.05. The molecule has 0 saturated heterocycles. The molecule has 1 N–H and O–H groups in total. The lowest BCUT2D eigenvalue weighted by atomic mass is 10.0. The lowest BCUT2D eigenvalue weighted by molar-refractivity contribution is 0.513. The standard InChI is InChI=1S/C13H18ClN3O/c1-4-15-12(11-5-6-18-13(11)14)8-10-7-9(2)16-17(10)3/h5-7,12,15H,4,8H2,1-3H3. The number of nitrogens with zero attached hydrogens (tertiary/aromatic N) is 2. The van der Waals surface area contributed by atoms with Crippen LogP contribution in [0.2, 0.25) is 5.22 Å². The third kappa shape index (κ3) is 2.76. The highest BCUT2D eigenvalue weighted by Gasteiger charge is 2.18. The van der Waals surface area contributed by atoms with Crippen LogP contribution in [-0.2, 0) is 13.5 Å². The van der Waals surface area contributed by atoms with Crippen molar-refractivity contribution in [2.24, 2.45) is 7.05 Å². The first kappa shape index (κ1) is 13.2. The highest BCUT2D eigenvalue weighted by Crippen LogP contribution is 2.26. The Labute approximate surface area is 112 Å². The first-order chi connectivity index (χ1) is 8.61. The summed E-state index contributed by atoms with van der Waals surface area (Å²) in [7, 11) is 1.96. The van der Waals surface area contributed by atoms with Gasteiger partial charge in [0.2, 0.25) is 0 Å². The molecule has 0 saturated carbocycles. The van der Waals surface area contributed by atoms with Crippen LogP contribution in [0.4, 0.5) is 0 Å². The molecule has 1 unspecified atom stereocenters. The minimum Gasteiger partial charge on any atom is -0.453 e. The van der Waals surface area contributed by atoms with Crippen LogP contribution in [0.15, 0.2) is 22.8 Å². The summed E-state index contributed by atoms with van der Waals surface area (Å²) in [6.07, 6.45) is 2.46. The summed E-state index contributed by atoms with van der Waals surface area (Å²) in [6.45, 7) is 4.95. The molecule has 0 aliphatic heterocycles. The average Bonchev–Trinajstić information content (AvgIpc) is 2.85. The fourth-order valence-corrected chi connectivity index (χ4v) is 2.40. The van der Waals surface area contributed by atoms with Crippen molar-refractivity contribution in [2.75, 3.05) is 6.54 Å². The van der Waals surface area contributed by atoms with Gasteiger partial charge in [0.1, 0.15) is 0 Å². The quantitative estimate of drug-likeness (QED) is 0.906. The van der Waals surface area contributed by atoms with E-state index in [1.807, 2.05) is 24.7 Å². The second kappa shape index (κ2) is 5.59. The summed E-state index contributed by atoms with van der Waals surface area (Å²) in [4.78, 5) is 0. The van der Waals surface area contributed by atoms with Crippen LogP contribution < -0.4 is 5.32 Å². The predicted molar refractivity (Wildman–Crippen MR) is 71.8 cm³/mol. The van der Waals surface area contributed by atoms with Crippen molar-refractivity contribution in [1.29, 1.82) is 0 Å². The monoisotopic (exact) mass is 267 g/mol. The van der Waals surface area contributed by atoms with Gasteiger partial charge in [-0.25, -0.2) is 0 Å². The molecule has 0 radical (unpaired) electrons. The summed E-state index contributed by atoms with van der Waals surface area (Å²) >= 11 is 6.05. The van der Waals surface area contributed by atoms with Crippen molar-refractivity contribution in [3.05, 3.63) is 40.6 Å². The smallest absolute Gasteiger partial charge is 0.197 e. The molecular weight excluding hydrogens is 250 g/mol. The minimum absolute atomic E-state index is 0.149. The Morgan fingerprint density at radius 1 is 1.56 bits per heavy atom. The fourth-order valence-electron chi connectivity index (χ4n) is 2.16. The summed E-state index contributed by atoms with van der Waals surface area (Å²) < 4.78 is 7.08. The normalized spacial score (nSPS) is 12.9. The molecule has 4 nitrogen and oxygen atoms in total. The Balaban J connectivity index is 2.22. The van der Waals surface area contributed by atoms with E-state index < -0.39 is 0 Å². The highest BCUT2D eigenvalue weighted by molar-refractivity contribution is 6.29. The minimum atomic E-state index is 0.149. The Kier molecular flexibility index (Phi) is 4.09. The second-order valence-electron chi connectivity index (χ2n) is 4.36. The maximum Gasteiger partial charge on any atom is 0.197 e. The van der Waals surface area contributed by atoms with Crippen LogP contribution in [0.25, 0.3) is 0 Å². The lowest BCUT2D eigenvalue weighted by Crippen LogP contribution is -2.23. The number of nitrogens with one attached hydrogen (secondary N) is 1. The van der Waals surface area contributed by atoms with E-state index in [4.69, 9.17) is 16.0 Å². The number of aromatic nitrogens is 2. The largest absolute Gasteiger partial charge is 0.453 e. The molecule has 0 aliphatic rings. The van der Waals surface area contributed by atoms with Gasteiger partial charge >= 0.3 is 0 Å². The number of rotatable bonds is 5. The molecule has 18 heavy (non-hydrogen) atoms. The van der Waals surface area contributed by atoms with E-state index >= 15 is 0 Å². The Morgan fingerprint density at radius 2 is 2.33 bits per heavy atom. The van der Waals surface area contributed by atoms with Gasteiger partial charge in [-0.2, -0.15) is 5.10 Å². The third-order valence-electron chi connectivity index (χ3n) is 2.98. The number of hydrogen-bond donors (Lipinski definition) is 1. The molecule has 0 aliphatic carbocycles. The van der Waals surface area contributed by atoms with Crippen LogP contribution in [0.3, 0.4) is 0 Å². The van der Waals surface area contributed by atoms with Gasteiger partial charge in [-0.05, 0) is 37.2 Å². The molecule has 2 aromatic heterocycles. The molecule has 2 rings (SSSR count). The number of aryl methyl sites for hydroxylation is 2. The molecular formula is C13H18ClN3O. The first-order valence-corrected chi connectivity index (χ1v) is 6.45. The first-order valence-electron chi connectivity index (χ1n) is 6.07. The summed E-state index contributed by atoms with van der Waals surface area (Å²) in [6, 6.07) is 4.16. The molecule has 2 aromatic rings. The topological polar surface area (TPSA) is 43.0 Å². The zero-order valence-corrected chi connectivity index (χ0v) is 11.7. The van der Waals surface area contributed by atoms with Crippen molar-refractivity contribution >= 4 is 11.6 Å². The molecule has 0 spiro atoms. The van der Waals surface area contributed by atoms with Gasteiger partial charge in [0.15, 0.2) is 5.22 Å². The van der Waals surface area contributed by atoms with E-state index in [0.29, 0.717) is 5.22 Å². The van der Waals surface area contributed by atoms with Gasteiger partial charge in [0.25, 0.3) is 0 Å². The lowest BCUT2D eigenvalue weighted by Gasteiger charge is -2.16. The van der Waals surface area contributed by atoms with Crippen LogP contribution in [0.1, 0.15) is 29.9 Å². The molecule has 0 amide bonds. The molecule has 0 bridgehead atoms. The number of likely N-dealkylation sites (N-methyl/N-ethyl adjacent to an activating group) is 1. The number of furan rings is 1. The molecule has 0 fully saturated rings. The molecule has 5 heteroatoms. The summed E-state index contributed by atoms with van der Waals surface area (Å²) in [5.74, 6) is 0. The Morgan fingerprint density at radius 3 is 2.83 bits per heavy atom.